The Morgan fingerprint density at radius 1 is 1.24 bits per heavy atom. The standard InChI is InChI=1S/C16H14BrClN2O/c17-14-5-3-11(18)9-13(14)16(21)20-7-1-2-10-8-12(19)4-6-15(10)20/h3-6,8-9H,1-2,7,19H2. The maximum Gasteiger partial charge on any atom is 0.259 e. The van der Waals surface area contributed by atoms with Crippen LogP contribution in [0.4, 0.5) is 11.4 Å². The average Bonchev–Trinajstić information content (AvgIpc) is 2.48. The quantitative estimate of drug-likeness (QED) is 0.767. The summed E-state index contributed by atoms with van der Waals surface area (Å²) in [4.78, 5) is 14.6. The molecule has 2 N–H and O–H groups in total. The minimum absolute atomic E-state index is 0.0462. The molecule has 1 aliphatic heterocycles. The van der Waals surface area contributed by atoms with Gasteiger partial charge in [0.25, 0.3) is 5.91 Å². The summed E-state index contributed by atoms with van der Waals surface area (Å²) >= 11 is 9.44. The third-order valence-corrected chi connectivity index (χ3v) is 4.55. The molecule has 0 spiro atoms. The molecule has 0 fully saturated rings. The normalized spacial score (nSPS) is 13.9. The zero-order chi connectivity index (χ0) is 15.0. The van der Waals surface area contributed by atoms with Crippen LogP contribution in [-0.2, 0) is 6.42 Å². The van der Waals surface area contributed by atoms with Gasteiger partial charge in [0.05, 0.1) is 5.56 Å². The molecule has 0 aromatic heterocycles. The van der Waals surface area contributed by atoms with Gasteiger partial charge in [-0.05, 0) is 70.7 Å². The summed E-state index contributed by atoms with van der Waals surface area (Å²) in [5, 5.41) is 0.552. The third-order valence-electron chi connectivity index (χ3n) is 3.63. The lowest BCUT2D eigenvalue weighted by molar-refractivity contribution is 0.0984. The first kappa shape index (κ1) is 14.4. The highest BCUT2D eigenvalue weighted by molar-refractivity contribution is 9.10. The lowest BCUT2D eigenvalue weighted by atomic mass is 10.00. The zero-order valence-electron chi connectivity index (χ0n) is 11.3. The van der Waals surface area contributed by atoms with Gasteiger partial charge in [-0.2, -0.15) is 0 Å². The van der Waals surface area contributed by atoms with Crippen LogP contribution in [0.15, 0.2) is 40.9 Å². The number of carbonyl (C=O) groups excluding carboxylic acids is 1. The minimum Gasteiger partial charge on any atom is -0.399 e. The van der Waals surface area contributed by atoms with Crippen molar-refractivity contribution in [3.63, 3.8) is 0 Å². The lowest BCUT2D eigenvalue weighted by Crippen LogP contribution is -2.35. The van der Waals surface area contributed by atoms with Crippen LogP contribution in [-0.4, -0.2) is 12.5 Å². The van der Waals surface area contributed by atoms with E-state index in [-0.39, 0.29) is 5.91 Å². The molecule has 1 amide bonds. The number of nitrogens with zero attached hydrogens (tertiary/aromatic N) is 1. The van der Waals surface area contributed by atoms with Crippen molar-refractivity contribution in [3.05, 3.63) is 57.0 Å². The van der Waals surface area contributed by atoms with Crippen molar-refractivity contribution in [2.75, 3.05) is 17.2 Å². The topological polar surface area (TPSA) is 46.3 Å². The van der Waals surface area contributed by atoms with Crippen molar-refractivity contribution in [2.45, 2.75) is 12.8 Å². The highest BCUT2D eigenvalue weighted by Crippen LogP contribution is 2.31. The fourth-order valence-electron chi connectivity index (χ4n) is 2.63. The number of benzene rings is 2. The second kappa shape index (κ2) is 5.70. The summed E-state index contributed by atoms with van der Waals surface area (Å²) < 4.78 is 0.750. The number of fused-ring (bicyclic) bond motifs is 1. The van der Waals surface area contributed by atoms with Gasteiger partial charge >= 0.3 is 0 Å². The summed E-state index contributed by atoms with van der Waals surface area (Å²) in [6.45, 7) is 0.703. The van der Waals surface area contributed by atoms with Crippen LogP contribution in [0, 0.1) is 0 Å². The van der Waals surface area contributed by atoms with E-state index < -0.39 is 0 Å². The van der Waals surface area contributed by atoms with Crippen LogP contribution >= 0.6 is 27.5 Å². The minimum atomic E-state index is -0.0462. The van der Waals surface area contributed by atoms with Crippen molar-refractivity contribution in [2.24, 2.45) is 0 Å². The first-order chi connectivity index (χ1) is 10.1. The van der Waals surface area contributed by atoms with Gasteiger partial charge in [-0.25, -0.2) is 0 Å². The van der Waals surface area contributed by atoms with E-state index in [9.17, 15) is 4.79 Å². The van der Waals surface area contributed by atoms with Gasteiger partial charge < -0.3 is 10.6 Å². The molecule has 3 rings (SSSR count). The Bertz CT molecular complexity index is 717. The van der Waals surface area contributed by atoms with Gasteiger partial charge in [-0.1, -0.05) is 11.6 Å². The fraction of sp³-hybridized carbons (Fsp3) is 0.188. The molecule has 3 nitrogen and oxygen atoms in total. The summed E-state index contributed by atoms with van der Waals surface area (Å²) in [5.41, 5.74) is 9.19. The smallest absolute Gasteiger partial charge is 0.259 e. The van der Waals surface area contributed by atoms with Crippen LogP contribution in [0.5, 0.6) is 0 Å². The molecule has 21 heavy (non-hydrogen) atoms. The number of nitrogen functional groups attached to an aromatic ring is 1. The predicted octanol–water partition coefficient (Wildman–Crippen LogP) is 4.28. The Labute approximate surface area is 136 Å². The molecule has 1 heterocycles. The van der Waals surface area contributed by atoms with Crippen LogP contribution in [0.25, 0.3) is 0 Å². The van der Waals surface area contributed by atoms with Gasteiger partial charge in [0.1, 0.15) is 0 Å². The van der Waals surface area contributed by atoms with E-state index in [0.717, 1.165) is 34.3 Å². The first-order valence-corrected chi connectivity index (χ1v) is 7.88. The summed E-state index contributed by atoms with van der Waals surface area (Å²) in [7, 11) is 0. The van der Waals surface area contributed by atoms with Gasteiger partial charge in [-0.3, -0.25) is 4.79 Å². The summed E-state index contributed by atoms with van der Waals surface area (Å²) in [6.07, 6.45) is 1.88. The van der Waals surface area contributed by atoms with Crippen LogP contribution in [0.3, 0.4) is 0 Å². The van der Waals surface area contributed by atoms with Crippen molar-refractivity contribution < 1.29 is 4.79 Å². The van der Waals surface area contributed by atoms with Crippen LogP contribution < -0.4 is 10.6 Å². The highest BCUT2D eigenvalue weighted by Gasteiger charge is 2.25. The third kappa shape index (κ3) is 2.78. The number of aryl methyl sites for hydroxylation is 1. The van der Waals surface area contributed by atoms with Gasteiger partial charge in [0.15, 0.2) is 0 Å². The van der Waals surface area contributed by atoms with E-state index in [4.69, 9.17) is 17.3 Å². The Morgan fingerprint density at radius 2 is 2.05 bits per heavy atom. The van der Waals surface area contributed by atoms with E-state index in [2.05, 4.69) is 15.9 Å². The molecule has 1 aliphatic rings. The summed E-state index contributed by atoms with van der Waals surface area (Å²) in [6, 6.07) is 10.9. The molecule has 0 saturated heterocycles. The number of carbonyl (C=O) groups is 1. The maximum atomic E-state index is 12.8. The molecule has 0 saturated carbocycles. The van der Waals surface area contributed by atoms with E-state index >= 15 is 0 Å². The number of anilines is 2. The van der Waals surface area contributed by atoms with Crippen molar-refractivity contribution in [1.82, 2.24) is 0 Å². The Balaban J connectivity index is 2.02. The van der Waals surface area contributed by atoms with Gasteiger partial charge in [0.2, 0.25) is 0 Å². The average molecular weight is 366 g/mol. The SMILES string of the molecule is Nc1ccc2c(c1)CCCN2C(=O)c1cc(Cl)ccc1Br. The first-order valence-electron chi connectivity index (χ1n) is 6.71. The number of rotatable bonds is 1. The fourth-order valence-corrected chi connectivity index (χ4v) is 3.22. The van der Waals surface area contributed by atoms with Crippen LogP contribution in [0.2, 0.25) is 5.02 Å². The highest BCUT2D eigenvalue weighted by atomic mass is 79.9. The van der Waals surface area contributed by atoms with E-state index in [0.29, 0.717) is 17.1 Å². The monoisotopic (exact) mass is 364 g/mol. The molecular formula is C16H14BrClN2O. The number of amides is 1. The lowest BCUT2D eigenvalue weighted by Gasteiger charge is -2.30. The Morgan fingerprint density at radius 3 is 2.86 bits per heavy atom. The molecule has 2 aromatic rings. The maximum absolute atomic E-state index is 12.8. The molecule has 5 heteroatoms. The summed E-state index contributed by atoms with van der Waals surface area (Å²) in [5.74, 6) is -0.0462. The molecule has 0 bridgehead atoms. The van der Waals surface area contributed by atoms with Gasteiger partial charge in [0, 0.05) is 27.4 Å². The van der Waals surface area contributed by atoms with Crippen molar-refractivity contribution in [1.29, 1.82) is 0 Å². The second-order valence-electron chi connectivity index (χ2n) is 5.07. The molecule has 0 atom stereocenters. The molecular weight excluding hydrogens is 352 g/mol. The van der Waals surface area contributed by atoms with E-state index in [1.165, 1.54) is 0 Å². The molecule has 0 radical (unpaired) electrons. The number of hydrogen-bond donors (Lipinski definition) is 1. The number of nitrogens with two attached hydrogens (primary N) is 1. The zero-order valence-corrected chi connectivity index (χ0v) is 13.6. The number of halogens is 2. The Kier molecular flexibility index (Phi) is 3.91. The van der Waals surface area contributed by atoms with Gasteiger partial charge in [-0.15, -0.1) is 0 Å². The predicted molar refractivity (Wildman–Crippen MR) is 90.0 cm³/mol. The van der Waals surface area contributed by atoms with E-state index in [1.807, 2.05) is 18.2 Å². The number of hydrogen-bond acceptors (Lipinski definition) is 2. The second-order valence-corrected chi connectivity index (χ2v) is 6.36. The van der Waals surface area contributed by atoms with E-state index in [1.54, 1.807) is 23.1 Å². The Hall–Kier alpha value is -1.52. The molecule has 2 aromatic carbocycles. The van der Waals surface area contributed by atoms with Crippen molar-refractivity contribution in [3.8, 4) is 0 Å². The molecule has 108 valence electrons. The van der Waals surface area contributed by atoms with Crippen molar-refractivity contribution >= 4 is 44.8 Å². The molecule has 0 aliphatic carbocycles. The molecule has 0 unspecified atom stereocenters. The van der Waals surface area contributed by atoms with Crippen LogP contribution in [0.1, 0.15) is 22.3 Å². The largest absolute Gasteiger partial charge is 0.399 e.